The molecule has 130 valence electrons. The standard InChI is InChI=1S/C18H22N6O/c1-13-14(2)25-17(23-13)11-22-18(19-3)21-10-15-6-4-5-7-16(15)24-9-8-20-12-24/h4-9,12H,10-11H2,1-3H3,(H2,19,21,22). The second-order valence-corrected chi connectivity index (χ2v) is 5.63. The van der Waals surface area contributed by atoms with Gasteiger partial charge in [0.05, 0.1) is 24.3 Å². The van der Waals surface area contributed by atoms with Crippen LogP contribution < -0.4 is 10.6 Å². The second-order valence-electron chi connectivity index (χ2n) is 5.63. The van der Waals surface area contributed by atoms with Gasteiger partial charge in [0.2, 0.25) is 5.89 Å². The molecule has 0 unspecified atom stereocenters. The van der Waals surface area contributed by atoms with Crippen molar-refractivity contribution in [3.8, 4) is 5.69 Å². The summed E-state index contributed by atoms with van der Waals surface area (Å²) < 4.78 is 7.56. The Hall–Kier alpha value is -3.09. The van der Waals surface area contributed by atoms with Gasteiger partial charge >= 0.3 is 0 Å². The van der Waals surface area contributed by atoms with Crippen molar-refractivity contribution in [1.82, 2.24) is 25.2 Å². The molecule has 2 heterocycles. The fourth-order valence-corrected chi connectivity index (χ4v) is 2.49. The van der Waals surface area contributed by atoms with Gasteiger partial charge in [-0.2, -0.15) is 0 Å². The van der Waals surface area contributed by atoms with Gasteiger partial charge in [0.25, 0.3) is 0 Å². The van der Waals surface area contributed by atoms with Crippen LogP contribution >= 0.6 is 0 Å². The highest BCUT2D eigenvalue weighted by molar-refractivity contribution is 5.79. The van der Waals surface area contributed by atoms with E-state index < -0.39 is 0 Å². The Morgan fingerprint density at radius 1 is 1.20 bits per heavy atom. The van der Waals surface area contributed by atoms with Gasteiger partial charge in [-0.15, -0.1) is 0 Å². The number of benzene rings is 1. The molecular formula is C18H22N6O. The smallest absolute Gasteiger partial charge is 0.214 e. The average molecular weight is 338 g/mol. The van der Waals surface area contributed by atoms with Crippen molar-refractivity contribution in [2.75, 3.05) is 7.05 Å². The molecule has 0 saturated carbocycles. The van der Waals surface area contributed by atoms with Crippen LogP contribution in [0.15, 0.2) is 52.4 Å². The predicted octanol–water partition coefficient (Wildman–Crippen LogP) is 2.34. The van der Waals surface area contributed by atoms with Gasteiger partial charge in [0.15, 0.2) is 5.96 Å². The topological polar surface area (TPSA) is 80.3 Å². The zero-order valence-corrected chi connectivity index (χ0v) is 14.7. The van der Waals surface area contributed by atoms with E-state index in [1.807, 2.05) is 36.7 Å². The first-order valence-corrected chi connectivity index (χ1v) is 8.11. The average Bonchev–Trinajstić information content (AvgIpc) is 3.26. The summed E-state index contributed by atoms with van der Waals surface area (Å²) >= 11 is 0. The molecule has 2 aromatic heterocycles. The van der Waals surface area contributed by atoms with Crippen LogP contribution in [0.25, 0.3) is 5.69 Å². The van der Waals surface area contributed by atoms with Crippen molar-refractivity contribution >= 4 is 5.96 Å². The van der Waals surface area contributed by atoms with Crippen molar-refractivity contribution in [3.63, 3.8) is 0 Å². The van der Waals surface area contributed by atoms with Gasteiger partial charge in [-0.25, -0.2) is 9.97 Å². The lowest BCUT2D eigenvalue weighted by atomic mass is 10.1. The maximum absolute atomic E-state index is 5.57. The van der Waals surface area contributed by atoms with Crippen LogP contribution in [0.1, 0.15) is 22.9 Å². The number of para-hydroxylation sites is 1. The number of nitrogens with one attached hydrogen (secondary N) is 2. The number of guanidine groups is 1. The lowest BCUT2D eigenvalue weighted by Gasteiger charge is -2.14. The van der Waals surface area contributed by atoms with Crippen molar-refractivity contribution < 1.29 is 4.42 Å². The Morgan fingerprint density at radius 3 is 2.68 bits per heavy atom. The summed E-state index contributed by atoms with van der Waals surface area (Å²) in [7, 11) is 1.74. The summed E-state index contributed by atoms with van der Waals surface area (Å²) in [6.07, 6.45) is 5.49. The van der Waals surface area contributed by atoms with E-state index >= 15 is 0 Å². The number of imidazole rings is 1. The summed E-state index contributed by atoms with van der Waals surface area (Å²) in [6, 6.07) is 8.18. The molecule has 2 N–H and O–H groups in total. The highest BCUT2D eigenvalue weighted by atomic mass is 16.4. The van der Waals surface area contributed by atoms with E-state index in [9.17, 15) is 0 Å². The molecule has 0 amide bonds. The first-order valence-electron chi connectivity index (χ1n) is 8.11. The van der Waals surface area contributed by atoms with Crippen LogP contribution in [0, 0.1) is 13.8 Å². The molecule has 7 nitrogen and oxygen atoms in total. The van der Waals surface area contributed by atoms with Crippen molar-refractivity contribution in [1.29, 1.82) is 0 Å². The van der Waals surface area contributed by atoms with Crippen LogP contribution in [0.2, 0.25) is 0 Å². The first-order chi connectivity index (χ1) is 12.2. The molecule has 0 bridgehead atoms. The van der Waals surface area contributed by atoms with E-state index in [2.05, 4.69) is 37.7 Å². The maximum Gasteiger partial charge on any atom is 0.214 e. The van der Waals surface area contributed by atoms with E-state index in [-0.39, 0.29) is 0 Å². The van der Waals surface area contributed by atoms with Gasteiger partial charge in [-0.3, -0.25) is 4.99 Å². The summed E-state index contributed by atoms with van der Waals surface area (Å²) in [6.45, 7) is 4.96. The van der Waals surface area contributed by atoms with Crippen LogP contribution in [-0.2, 0) is 13.1 Å². The third-order valence-corrected chi connectivity index (χ3v) is 3.92. The summed E-state index contributed by atoms with van der Waals surface area (Å²) in [5.74, 6) is 2.18. The Labute approximate surface area is 146 Å². The van der Waals surface area contributed by atoms with Crippen molar-refractivity contribution in [2.24, 2.45) is 4.99 Å². The van der Waals surface area contributed by atoms with Gasteiger partial charge in [0.1, 0.15) is 5.76 Å². The molecule has 0 spiro atoms. The van der Waals surface area contributed by atoms with E-state index in [4.69, 9.17) is 4.42 Å². The van der Waals surface area contributed by atoms with Gasteiger partial charge in [-0.05, 0) is 25.5 Å². The lowest BCUT2D eigenvalue weighted by molar-refractivity contribution is 0.463. The third kappa shape index (κ3) is 4.06. The van der Waals surface area contributed by atoms with Crippen LogP contribution in [0.4, 0.5) is 0 Å². The molecule has 0 saturated heterocycles. The monoisotopic (exact) mass is 338 g/mol. The molecule has 0 aliphatic carbocycles. The van der Waals surface area contributed by atoms with Crippen LogP contribution in [0.3, 0.4) is 0 Å². The molecule has 0 radical (unpaired) electrons. The highest BCUT2D eigenvalue weighted by Crippen LogP contribution is 2.13. The normalized spacial score (nSPS) is 11.6. The number of rotatable bonds is 5. The highest BCUT2D eigenvalue weighted by Gasteiger charge is 2.08. The van der Waals surface area contributed by atoms with E-state index in [0.717, 1.165) is 22.7 Å². The quantitative estimate of drug-likeness (QED) is 0.551. The van der Waals surface area contributed by atoms with Gasteiger partial charge in [0, 0.05) is 26.0 Å². The minimum Gasteiger partial charge on any atom is -0.444 e. The van der Waals surface area contributed by atoms with Gasteiger partial charge in [-0.1, -0.05) is 18.2 Å². The summed E-state index contributed by atoms with van der Waals surface area (Å²) in [4.78, 5) is 12.7. The molecule has 0 fully saturated rings. The number of hydrogen-bond acceptors (Lipinski definition) is 4. The molecule has 7 heteroatoms. The van der Waals surface area contributed by atoms with Crippen LogP contribution in [-0.4, -0.2) is 27.5 Å². The molecule has 1 aromatic carbocycles. The SMILES string of the molecule is CN=C(NCc1nc(C)c(C)o1)NCc1ccccc1-n1ccnc1. The molecule has 3 aromatic rings. The number of nitrogens with zero attached hydrogens (tertiary/aromatic N) is 4. The molecule has 0 aliphatic rings. The minimum atomic E-state index is 0.484. The summed E-state index contributed by atoms with van der Waals surface area (Å²) in [5, 5.41) is 6.53. The Morgan fingerprint density at radius 2 is 2.00 bits per heavy atom. The lowest BCUT2D eigenvalue weighted by Crippen LogP contribution is -2.36. The van der Waals surface area contributed by atoms with Crippen molar-refractivity contribution in [2.45, 2.75) is 26.9 Å². The summed E-state index contributed by atoms with van der Waals surface area (Å²) in [5.41, 5.74) is 3.14. The largest absolute Gasteiger partial charge is 0.444 e. The molecule has 25 heavy (non-hydrogen) atoms. The molecule has 0 atom stereocenters. The molecule has 3 rings (SSSR count). The molecule has 0 aliphatic heterocycles. The Kier molecular flexibility index (Phi) is 5.13. The van der Waals surface area contributed by atoms with E-state index in [1.165, 1.54) is 0 Å². The predicted molar refractivity (Wildman–Crippen MR) is 96.6 cm³/mol. The second kappa shape index (κ2) is 7.65. The fourth-order valence-electron chi connectivity index (χ4n) is 2.49. The van der Waals surface area contributed by atoms with Gasteiger partial charge < -0.3 is 19.6 Å². The number of oxazole rings is 1. The zero-order chi connectivity index (χ0) is 17.6. The number of hydrogen-bond donors (Lipinski definition) is 2. The maximum atomic E-state index is 5.57. The fraction of sp³-hybridized carbons (Fsp3) is 0.278. The van der Waals surface area contributed by atoms with Crippen LogP contribution in [0.5, 0.6) is 0 Å². The van der Waals surface area contributed by atoms with E-state index in [0.29, 0.717) is 24.9 Å². The Balaban J connectivity index is 1.62. The first kappa shape index (κ1) is 16.8. The zero-order valence-electron chi connectivity index (χ0n) is 14.7. The molecular weight excluding hydrogens is 316 g/mol. The number of aliphatic imine (C=N–C) groups is 1. The number of aryl methyl sites for hydroxylation is 2. The minimum absolute atomic E-state index is 0.484. The van der Waals surface area contributed by atoms with E-state index in [1.54, 1.807) is 19.6 Å². The third-order valence-electron chi connectivity index (χ3n) is 3.92. The van der Waals surface area contributed by atoms with Crippen molar-refractivity contribution in [3.05, 3.63) is 65.9 Å². The number of aromatic nitrogens is 3. The Bertz CT molecular complexity index is 831.